The number of aromatic amines is 2. The number of aromatic nitrogens is 4. The maximum absolute atomic E-state index is 14.0. The third-order valence-corrected chi connectivity index (χ3v) is 11.8. The first-order chi connectivity index (χ1) is 28.8. The Kier molecular flexibility index (Phi) is 12.5. The molecule has 3 aliphatic heterocycles. The third kappa shape index (κ3) is 8.81. The molecule has 60 heavy (non-hydrogen) atoms. The number of hydrogen-bond acceptors (Lipinski definition) is 9. The van der Waals surface area contributed by atoms with Crippen LogP contribution in [0.15, 0.2) is 48.7 Å². The van der Waals surface area contributed by atoms with Gasteiger partial charge in [0, 0.05) is 36.6 Å². The second kappa shape index (κ2) is 17.7. The van der Waals surface area contributed by atoms with E-state index in [2.05, 4.69) is 37.4 Å². The molecule has 318 valence electrons. The van der Waals surface area contributed by atoms with Crippen LogP contribution in [0.1, 0.15) is 88.2 Å². The maximum atomic E-state index is 14.0. The molecule has 4 aromatic rings. The number of hydrogen-bond donors (Lipinski definition) is 4. The number of fused-ring (bicyclic) bond motifs is 1. The average Bonchev–Trinajstić information content (AvgIpc) is 4.10. The fourth-order valence-corrected chi connectivity index (χ4v) is 8.55. The lowest BCUT2D eigenvalue weighted by Gasteiger charge is -2.30. The molecule has 0 radical (unpaired) electrons. The minimum atomic E-state index is -0.831. The molecule has 0 unspecified atom stereocenters. The number of methoxy groups -OCH3 is 2. The molecule has 0 aliphatic carbocycles. The van der Waals surface area contributed by atoms with Crippen molar-refractivity contribution in [2.24, 2.45) is 17.8 Å². The van der Waals surface area contributed by atoms with Crippen molar-refractivity contribution in [3.63, 3.8) is 0 Å². The number of halogens is 1. The number of H-pyrrole nitrogens is 2. The predicted octanol–water partition coefficient (Wildman–Crippen LogP) is 5.80. The summed E-state index contributed by atoms with van der Waals surface area (Å²) in [5, 5.41) is 5.35. The molecule has 3 aliphatic rings. The van der Waals surface area contributed by atoms with Gasteiger partial charge in [-0.15, -0.1) is 0 Å². The van der Waals surface area contributed by atoms with E-state index in [1.807, 2.05) is 70.2 Å². The lowest BCUT2D eigenvalue weighted by atomic mass is 9.96. The molecule has 7 rings (SSSR count). The number of nitrogens with zero attached hydrogens (tertiary/aromatic N) is 4. The first-order valence-corrected chi connectivity index (χ1v) is 20.5. The average molecular weight is 825 g/mol. The molecule has 4 amide bonds. The number of nitrogens with one attached hydrogen (secondary N) is 4. The van der Waals surface area contributed by atoms with Crippen molar-refractivity contribution < 1.29 is 37.8 Å². The van der Waals surface area contributed by atoms with E-state index in [0.717, 1.165) is 46.3 Å². The molecule has 16 heteroatoms. The minimum absolute atomic E-state index is 0.170. The summed E-state index contributed by atoms with van der Waals surface area (Å²) in [6.07, 6.45) is 3.10. The van der Waals surface area contributed by atoms with Gasteiger partial charge in [-0.2, -0.15) is 0 Å². The van der Waals surface area contributed by atoms with E-state index in [0.29, 0.717) is 37.6 Å². The largest absolute Gasteiger partial charge is 0.453 e. The van der Waals surface area contributed by atoms with E-state index in [4.69, 9.17) is 19.2 Å². The van der Waals surface area contributed by atoms with E-state index in [9.17, 15) is 23.6 Å². The first-order valence-electron chi connectivity index (χ1n) is 20.5. The molecule has 6 atom stereocenters. The zero-order valence-corrected chi connectivity index (χ0v) is 34.8. The summed E-state index contributed by atoms with van der Waals surface area (Å²) in [5.74, 6) is 6.44. The fourth-order valence-electron chi connectivity index (χ4n) is 8.55. The Morgan fingerprint density at radius 2 is 1.55 bits per heavy atom. The van der Waals surface area contributed by atoms with E-state index in [1.165, 1.54) is 14.2 Å². The summed E-state index contributed by atoms with van der Waals surface area (Å²) in [6.45, 7) is 8.14. The van der Waals surface area contributed by atoms with E-state index in [1.54, 1.807) is 16.0 Å². The Morgan fingerprint density at radius 3 is 2.17 bits per heavy atom. The van der Waals surface area contributed by atoms with Crippen molar-refractivity contribution in [1.29, 1.82) is 0 Å². The molecule has 3 saturated heterocycles. The highest BCUT2D eigenvalue weighted by Crippen LogP contribution is 2.45. The van der Waals surface area contributed by atoms with Gasteiger partial charge in [0.05, 0.1) is 68.0 Å². The fraction of sp³-hybridized carbons (Fsp3) is 0.500. The van der Waals surface area contributed by atoms with Crippen molar-refractivity contribution in [2.75, 3.05) is 40.6 Å². The summed E-state index contributed by atoms with van der Waals surface area (Å²) >= 11 is 0. The number of likely N-dealkylation sites (tertiary alicyclic amines) is 2. The summed E-state index contributed by atoms with van der Waals surface area (Å²) < 4.78 is 29.7. The minimum Gasteiger partial charge on any atom is -0.453 e. The van der Waals surface area contributed by atoms with Gasteiger partial charge in [-0.1, -0.05) is 51.7 Å². The molecule has 2 aromatic heterocycles. The van der Waals surface area contributed by atoms with Crippen molar-refractivity contribution in [3.8, 4) is 23.1 Å². The normalized spacial score (nSPS) is 22.2. The molecule has 3 fully saturated rings. The molecule has 2 aromatic carbocycles. The Hall–Kier alpha value is -5.95. The van der Waals surface area contributed by atoms with Crippen LogP contribution < -0.4 is 10.6 Å². The lowest BCUT2D eigenvalue weighted by molar-refractivity contribution is -0.136. The van der Waals surface area contributed by atoms with Crippen LogP contribution in [0.3, 0.4) is 0 Å². The molecule has 4 N–H and O–H groups in total. The summed E-state index contributed by atoms with van der Waals surface area (Å²) in [6, 6.07) is 11.0. The number of imidazole rings is 2. The molecular weight excluding hydrogens is 772 g/mol. The topological polar surface area (TPSA) is 184 Å². The number of ether oxygens (including phenoxy) is 3. The van der Waals surface area contributed by atoms with Crippen LogP contribution in [0.25, 0.3) is 22.3 Å². The van der Waals surface area contributed by atoms with E-state index >= 15 is 0 Å². The summed E-state index contributed by atoms with van der Waals surface area (Å²) in [4.78, 5) is 71.6. The quantitative estimate of drug-likeness (QED) is 0.144. The van der Waals surface area contributed by atoms with Crippen molar-refractivity contribution >= 4 is 35.0 Å². The summed E-state index contributed by atoms with van der Waals surface area (Å²) in [5.41, 5.74) is 4.25. The Balaban J connectivity index is 1.06. The highest BCUT2D eigenvalue weighted by molar-refractivity contribution is 5.87. The standard InChI is InChI=1S/C44H53FN8O7/c1-25(2)36(50-42(56)58-5)40(54)52-23-29(21-45)19-34(52)38-46-22-33(49-38)30-13-10-27(11-14-30)8-9-28-12-15-31-32(18-28)48-39(47-31)35-20-44(16-7-17-60-44)24-53(35)41(55)37(26(3)4)51-43(57)59-6/h10-15,18,22,25-26,29,34-37H,7,16-17,19-21,23-24H2,1-6H3,(H,46,49)(H,47,48)(H,50,56)(H,51,57)/t29-,34-,35-,36-,37-,44-/m0/s1. The second-order valence-electron chi connectivity index (χ2n) is 16.7. The number of carbonyl (C=O) groups excluding carboxylic acids is 4. The lowest BCUT2D eigenvalue weighted by Crippen LogP contribution is -2.51. The zero-order chi connectivity index (χ0) is 42.7. The predicted molar refractivity (Wildman–Crippen MR) is 220 cm³/mol. The Labute approximate surface area is 348 Å². The van der Waals surface area contributed by atoms with Gasteiger partial charge in [0.1, 0.15) is 23.7 Å². The van der Waals surface area contributed by atoms with Crippen molar-refractivity contribution in [1.82, 2.24) is 40.4 Å². The summed E-state index contributed by atoms with van der Waals surface area (Å²) in [7, 11) is 2.52. The number of amides is 4. The van der Waals surface area contributed by atoms with Crippen LogP contribution in [-0.2, 0) is 23.8 Å². The molecule has 0 saturated carbocycles. The van der Waals surface area contributed by atoms with Crippen LogP contribution in [0.5, 0.6) is 0 Å². The van der Waals surface area contributed by atoms with Gasteiger partial charge < -0.3 is 44.6 Å². The number of alkyl carbamates (subject to hydrolysis) is 2. The van der Waals surface area contributed by atoms with Gasteiger partial charge in [0.2, 0.25) is 11.8 Å². The van der Waals surface area contributed by atoms with Gasteiger partial charge in [-0.05, 0) is 67.0 Å². The van der Waals surface area contributed by atoms with E-state index in [-0.39, 0.29) is 42.2 Å². The third-order valence-electron chi connectivity index (χ3n) is 11.8. The second-order valence-corrected chi connectivity index (χ2v) is 16.7. The highest BCUT2D eigenvalue weighted by atomic mass is 19.1. The van der Waals surface area contributed by atoms with Gasteiger partial charge in [0.25, 0.3) is 0 Å². The molecule has 5 heterocycles. The Bertz CT molecular complexity index is 2270. The monoisotopic (exact) mass is 824 g/mol. The highest BCUT2D eigenvalue weighted by Gasteiger charge is 2.51. The zero-order valence-electron chi connectivity index (χ0n) is 34.8. The molecule has 15 nitrogen and oxygen atoms in total. The van der Waals surface area contributed by atoms with Crippen LogP contribution >= 0.6 is 0 Å². The number of benzene rings is 2. The Morgan fingerprint density at radius 1 is 0.900 bits per heavy atom. The maximum Gasteiger partial charge on any atom is 0.407 e. The molecule has 0 bridgehead atoms. The van der Waals surface area contributed by atoms with Gasteiger partial charge in [-0.3, -0.25) is 14.0 Å². The van der Waals surface area contributed by atoms with Crippen LogP contribution in [0, 0.1) is 29.6 Å². The first kappa shape index (κ1) is 42.2. The van der Waals surface area contributed by atoms with Crippen LogP contribution in [-0.4, -0.2) is 112 Å². The van der Waals surface area contributed by atoms with Gasteiger partial charge >= 0.3 is 12.2 Å². The molecule has 1 spiro atoms. The van der Waals surface area contributed by atoms with Gasteiger partial charge in [-0.25, -0.2) is 19.6 Å². The van der Waals surface area contributed by atoms with Crippen LogP contribution in [0.4, 0.5) is 14.0 Å². The van der Waals surface area contributed by atoms with Crippen LogP contribution in [0.2, 0.25) is 0 Å². The SMILES string of the molecule is COC(=O)N[C@H](C(=O)N1C[C@H](CF)C[C@H]1c1ncc(-c2ccc(C#Cc3ccc4nc([C@@H]5C[C@@]6(CCCO6)CN5C(=O)[C@@H](NC(=O)OC)C(C)C)[nH]c4c3)cc2)[nH]1)C(C)C. The number of rotatable bonds is 10. The van der Waals surface area contributed by atoms with Crippen molar-refractivity contribution in [3.05, 3.63) is 71.4 Å². The van der Waals surface area contributed by atoms with Crippen molar-refractivity contribution in [2.45, 2.75) is 83.1 Å². The number of alkyl halides is 1. The van der Waals surface area contributed by atoms with E-state index < -0.39 is 42.6 Å². The smallest absolute Gasteiger partial charge is 0.407 e. The van der Waals surface area contributed by atoms with Gasteiger partial charge in [0.15, 0.2) is 0 Å². The number of carbonyl (C=O) groups is 4. The molecular formula is C44H53FN8O7.